The largest absolute Gasteiger partial charge is 0.487 e. The van der Waals surface area contributed by atoms with E-state index >= 15 is 0 Å². The van der Waals surface area contributed by atoms with E-state index in [2.05, 4.69) is 0 Å². The molecule has 35 heavy (non-hydrogen) atoms. The average molecular weight is 499 g/mol. The summed E-state index contributed by atoms with van der Waals surface area (Å²) in [4.78, 5) is 12.3. The van der Waals surface area contributed by atoms with Crippen molar-refractivity contribution in [2.45, 2.75) is 12.2 Å². The lowest BCUT2D eigenvalue weighted by Gasteiger charge is -2.24. The Morgan fingerprint density at radius 3 is 1.63 bits per heavy atom. The zero-order valence-electron chi connectivity index (χ0n) is 19.1. The predicted octanol–water partition coefficient (Wildman–Crippen LogP) is 4.82. The molecule has 8 heteroatoms. The molecule has 1 aliphatic rings. The number of hydrogen-bond acceptors (Lipinski definition) is 7. The normalized spacial score (nSPS) is 16.3. The average Bonchev–Trinajstić information content (AvgIpc) is 2.88. The molecule has 1 unspecified atom stereocenters. The summed E-state index contributed by atoms with van der Waals surface area (Å²) in [6, 6.07) is 23.8. The van der Waals surface area contributed by atoms with Gasteiger partial charge in [-0.2, -0.15) is 0 Å². The minimum atomic E-state index is -0.976. The molecule has 1 aliphatic heterocycles. The first kappa shape index (κ1) is 24.9. The first-order chi connectivity index (χ1) is 17.2. The van der Waals surface area contributed by atoms with Crippen LogP contribution >= 0.6 is 11.6 Å². The zero-order chi connectivity index (χ0) is 24.3. The SMILES string of the molecule is O=C(Cl)C(OC1COc2ccccc2OCCOCCOc2ccccc2OC1)c1ccccc1. The van der Waals surface area contributed by atoms with Crippen LogP contribution in [0.4, 0.5) is 0 Å². The molecule has 0 radical (unpaired) electrons. The molecule has 0 amide bonds. The molecule has 7 nitrogen and oxygen atoms in total. The number of fused-ring (bicyclic) bond motifs is 2. The summed E-state index contributed by atoms with van der Waals surface area (Å²) in [6.45, 7) is 1.70. The van der Waals surface area contributed by atoms with Gasteiger partial charge < -0.3 is 28.4 Å². The van der Waals surface area contributed by atoms with E-state index in [0.717, 1.165) is 0 Å². The van der Waals surface area contributed by atoms with Crippen LogP contribution in [-0.2, 0) is 14.3 Å². The molecule has 0 fully saturated rings. The van der Waals surface area contributed by atoms with E-state index in [1.165, 1.54) is 0 Å². The van der Waals surface area contributed by atoms with Gasteiger partial charge in [0.1, 0.15) is 32.5 Å². The van der Waals surface area contributed by atoms with Gasteiger partial charge in [-0.15, -0.1) is 0 Å². The van der Waals surface area contributed by atoms with Crippen LogP contribution in [0.2, 0.25) is 0 Å². The summed E-state index contributed by atoms with van der Waals surface area (Å²) in [6.07, 6.45) is -1.61. The lowest BCUT2D eigenvalue weighted by atomic mass is 10.1. The maximum absolute atomic E-state index is 12.3. The maximum Gasteiger partial charge on any atom is 0.255 e. The van der Waals surface area contributed by atoms with Crippen LogP contribution in [0.5, 0.6) is 23.0 Å². The van der Waals surface area contributed by atoms with Crippen molar-refractivity contribution in [3.05, 3.63) is 84.4 Å². The monoisotopic (exact) mass is 498 g/mol. The van der Waals surface area contributed by atoms with Crippen molar-refractivity contribution in [1.29, 1.82) is 0 Å². The van der Waals surface area contributed by atoms with Crippen molar-refractivity contribution in [3.63, 3.8) is 0 Å². The smallest absolute Gasteiger partial charge is 0.255 e. The van der Waals surface area contributed by atoms with Crippen LogP contribution in [0.1, 0.15) is 11.7 Å². The van der Waals surface area contributed by atoms with Crippen LogP contribution in [0, 0.1) is 0 Å². The minimum absolute atomic E-state index is 0.0907. The molecule has 0 aromatic heterocycles. The molecule has 0 saturated carbocycles. The second-order valence-corrected chi connectivity index (χ2v) is 8.05. The maximum atomic E-state index is 12.3. The summed E-state index contributed by atoms with van der Waals surface area (Å²) in [7, 11) is 0. The lowest BCUT2D eigenvalue weighted by Crippen LogP contribution is -2.32. The lowest BCUT2D eigenvalue weighted by molar-refractivity contribution is -0.130. The molecule has 3 aromatic carbocycles. The number of hydrogen-bond donors (Lipinski definition) is 0. The van der Waals surface area contributed by atoms with Gasteiger partial charge in [0.2, 0.25) is 0 Å². The van der Waals surface area contributed by atoms with Gasteiger partial charge in [-0.05, 0) is 41.4 Å². The van der Waals surface area contributed by atoms with E-state index in [-0.39, 0.29) is 13.2 Å². The summed E-state index contributed by atoms with van der Waals surface area (Å²) in [5.41, 5.74) is 0.645. The van der Waals surface area contributed by atoms with Crippen LogP contribution in [0.15, 0.2) is 78.9 Å². The van der Waals surface area contributed by atoms with Gasteiger partial charge in [0.05, 0.1) is 13.2 Å². The number of benzene rings is 3. The number of para-hydroxylation sites is 4. The van der Waals surface area contributed by atoms with Gasteiger partial charge in [-0.3, -0.25) is 4.79 Å². The number of carbonyl (C=O) groups excluding carboxylic acids is 1. The Morgan fingerprint density at radius 2 is 1.14 bits per heavy atom. The molecular formula is C27H27ClO7. The molecule has 3 aromatic rings. The second-order valence-electron chi connectivity index (χ2n) is 7.68. The third-order valence-electron chi connectivity index (χ3n) is 5.16. The number of ether oxygens (including phenoxy) is 6. The highest BCUT2D eigenvalue weighted by Gasteiger charge is 2.26. The summed E-state index contributed by atoms with van der Waals surface area (Å²) >= 11 is 5.91. The van der Waals surface area contributed by atoms with Gasteiger partial charge >= 0.3 is 0 Å². The van der Waals surface area contributed by atoms with Gasteiger partial charge in [0, 0.05) is 0 Å². The fourth-order valence-electron chi connectivity index (χ4n) is 3.48. The Kier molecular flexibility index (Phi) is 9.23. The van der Waals surface area contributed by atoms with E-state index in [0.29, 0.717) is 55.0 Å². The molecule has 0 bridgehead atoms. The van der Waals surface area contributed by atoms with E-state index in [9.17, 15) is 4.79 Å². The molecule has 184 valence electrons. The van der Waals surface area contributed by atoms with Crippen molar-refractivity contribution in [1.82, 2.24) is 0 Å². The van der Waals surface area contributed by atoms with Gasteiger partial charge in [0.15, 0.2) is 29.1 Å². The number of halogens is 1. The standard InChI is InChI=1S/C27H27ClO7/c28-27(29)26(20-8-2-1-3-9-20)35-21-18-33-24-12-6-4-10-22(24)31-16-14-30-15-17-32-23-11-5-7-13-25(23)34-19-21/h1-13,21,26H,14-19H2. The minimum Gasteiger partial charge on any atom is -0.487 e. The Balaban J connectivity index is 1.57. The zero-order valence-corrected chi connectivity index (χ0v) is 19.9. The third kappa shape index (κ3) is 7.36. The number of rotatable bonds is 4. The molecule has 0 N–H and O–H groups in total. The van der Waals surface area contributed by atoms with Crippen molar-refractivity contribution in [3.8, 4) is 23.0 Å². The van der Waals surface area contributed by atoms with Crippen LogP contribution in [0.25, 0.3) is 0 Å². The second kappa shape index (κ2) is 13.0. The molecule has 0 saturated heterocycles. The van der Waals surface area contributed by atoms with Crippen LogP contribution < -0.4 is 18.9 Å². The van der Waals surface area contributed by atoms with Gasteiger partial charge in [0.25, 0.3) is 5.24 Å². The molecule has 0 aliphatic carbocycles. The highest BCUT2D eigenvalue weighted by atomic mass is 35.5. The fourth-order valence-corrected chi connectivity index (χ4v) is 3.65. The molecule has 0 spiro atoms. The molecular weight excluding hydrogens is 472 g/mol. The first-order valence-corrected chi connectivity index (χ1v) is 11.8. The molecule has 1 heterocycles. The van der Waals surface area contributed by atoms with E-state index in [1.54, 1.807) is 12.1 Å². The third-order valence-corrected chi connectivity index (χ3v) is 5.35. The van der Waals surface area contributed by atoms with Crippen molar-refractivity contribution in [2.75, 3.05) is 39.6 Å². The Hall–Kier alpha value is -3.26. The molecule has 4 rings (SSSR count). The topological polar surface area (TPSA) is 72.5 Å². The Bertz CT molecular complexity index is 1020. The van der Waals surface area contributed by atoms with E-state index in [4.69, 9.17) is 40.0 Å². The van der Waals surface area contributed by atoms with E-state index in [1.807, 2.05) is 66.7 Å². The summed E-state index contributed by atoms with van der Waals surface area (Å²) in [5, 5.41) is -0.629. The van der Waals surface area contributed by atoms with E-state index < -0.39 is 17.5 Å². The van der Waals surface area contributed by atoms with Gasteiger partial charge in [-0.1, -0.05) is 54.6 Å². The van der Waals surface area contributed by atoms with Crippen LogP contribution in [0.3, 0.4) is 0 Å². The quantitative estimate of drug-likeness (QED) is 0.477. The molecule has 1 atom stereocenters. The van der Waals surface area contributed by atoms with Crippen LogP contribution in [-0.4, -0.2) is 51.0 Å². The Labute approximate surface area is 209 Å². The first-order valence-electron chi connectivity index (χ1n) is 11.4. The summed E-state index contributed by atoms with van der Waals surface area (Å²) in [5.74, 6) is 2.26. The highest BCUT2D eigenvalue weighted by molar-refractivity contribution is 6.64. The van der Waals surface area contributed by atoms with Crippen molar-refractivity contribution < 1.29 is 33.2 Å². The highest BCUT2D eigenvalue weighted by Crippen LogP contribution is 2.30. The van der Waals surface area contributed by atoms with Crippen molar-refractivity contribution in [2.24, 2.45) is 0 Å². The van der Waals surface area contributed by atoms with Gasteiger partial charge in [-0.25, -0.2) is 0 Å². The Morgan fingerprint density at radius 1 is 0.686 bits per heavy atom. The predicted molar refractivity (Wildman–Crippen MR) is 131 cm³/mol. The summed E-state index contributed by atoms with van der Waals surface area (Å²) < 4.78 is 35.5. The number of carbonyl (C=O) groups is 1. The van der Waals surface area contributed by atoms with Crippen molar-refractivity contribution >= 4 is 16.8 Å². The fraction of sp³-hybridized carbons (Fsp3) is 0.296.